The maximum Gasteiger partial charge on any atom is 0.155 e. The first kappa shape index (κ1) is 14.4. The predicted molar refractivity (Wildman–Crippen MR) is 73.1 cm³/mol. The largest absolute Gasteiger partial charge is 0.303 e. The molecule has 0 N–H and O–H groups in total. The van der Waals surface area contributed by atoms with E-state index in [1.54, 1.807) is 6.08 Å². The number of hydrogen-bond acceptors (Lipinski definition) is 2. The number of likely N-dealkylation sites (tertiary alicyclic amines) is 1. The molecule has 0 unspecified atom stereocenters. The molecule has 1 aliphatic heterocycles. The van der Waals surface area contributed by atoms with Crippen LogP contribution in [0.25, 0.3) is 0 Å². The third kappa shape index (κ3) is 7.32. The van der Waals surface area contributed by atoms with Gasteiger partial charge in [-0.15, -0.1) is 0 Å². The highest BCUT2D eigenvalue weighted by Gasteiger charge is 2.09. The molecule has 0 spiro atoms. The molecule has 1 aliphatic rings. The Kier molecular flexibility index (Phi) is 7.18. The van der Waals surface area contributed by atoms with Gasteiger partial charge in [-0.1, -0.05) is 26.3 Å². The smallest absolute Gasteiger partial charge is 0.155 e. The van der Waals surface area contributed by atoms with Gasteiger partial charge in [-0.2, -0.15) is 0 Å². The van der Waals surface area contributed by atoms with Crippen LogP contribution in [-0.2, 0) is 4.79 Å². The highest BCUT2D eigenvalue weighted by molar-refractivity contribution is 5.89. The number of hydrogen-bond donors (Lipinski definition) is 0. The van der Waals surface area contributed by atoms with Crippen LogP contribution in [0.15, 0.2) is 12.2 Å². The molecule has 98 valence electrons. The van der Waals surface area contributed by atoms with E-state index in [1.807, 2.05) is 6.08 Å². The van der Waals surface area contributed by atoms with Gasteiger partial charge in [-0.25, -0.2) is 0 Å². The average Bonchev–Trinajstić information content (AvgIpc) is 2.33. The number of ketones is 1. The summed E-state index contributed by atoms with van der Waals surface area (Å²) in [5.74, 6) is 0.768. The van der Waals surface area contributed by atoms with Crippen LogP contribution in [0.3, 0.4) is 0 Å². The summed E-state index contributed by atoms with van der Waals surface area (Å²) >= 11 is 0. The summed E-state index contributed by atoms with van der Waals surface area (Å²) in [4.78, 5) is 14.0. The van der Waals surface area contributed by atoms with Crippen LogP contribution >= 0.6 is 0 Å². The Morgan fingerprint density at radius 3 is 2.53 bits per heavy atom. The molecule has 0 amide bonds. The summed E-state index contributed by atoms with van der Waals surface area (Å²) in [6.45, 7) is 7.91. The van der Waals surface area contributed by atoms with Crippen molar-refractivity contribution in [3.8, 4) is 0 Å². The Hall–Kier alpha value is -0.630. The lowest BCUT2D eigenvalue weighted by molar-refractivity contribution is -0.114. The third-order valence-corrected chi connectivity index (χ3v) is 3.26. The quantitative estimate of drug-likeness (QED) is 0.499. The van der Waals surface area contributed by atoms with Crippen molar-refractivity contribution >= 4 is 5.78 Å². The van der Waals surface area contributed by atoms with Gasteiger partial charge in [-0.3, -0.25) is 4.79 Å². The van der Waals surface area contributed by atoms with Crippen molar-refractivity contribution in [3.05, 3.63) is 12.2 Å². The summed E-state index contributed by atoms with van der Waals surface area (Å²) in [5, 5.41) is 0. The molecule has 2 nitrogen and oxygen atoms in total. The van der Waals surface area contributed by atoms with Crippen molar-refractivity contribution in [2.45, 2.75) is 52.4 Å². The van der Waals surface area contributed by atoms with Crippen LogP contribution in [-0.4, -0.2) is 30.3 Å². The highest BCUT2D eigenvalue weighted by atomic mass is 16.1. The van der Waals surface area contributed by atoms with E-state index in [-0.39, 0.29) is 5.78 Å². The number of carbonyl (C=O) groups is 1. The Bertz CT molecular complexity index is 239. The number of rotatable bonds is 7. The van der Waals surface area contributed by atoms with E-state index < -0.39 is 0 Å². The molecule has 0 saturated carbocycles. The minimum absolute atomic E-state index is 0.289. The minimum atomic E-state index is 0.289. The van der Waals surface area contributed by atoms with Crippen LogP contribution in [0.4, 0.5) is 0 Å². The molecule has 0 aromatic carbocycles. The molecule has 0 aliphatic carbocycles. The van der Waals surface area contributed by atoms with Crippen LogP contribution in [0.1, 0.15) is 52.4 Å². The Balaban J connectivity index is 2.01. The van der Waals surface area contributed by atoms with E-state index >= 15 is 0 Å². The molecule has 0 aromatic heterocycles. The van der Waals surface area contributed by atoms with E-state index in [0.29, 0.717) is 5.92 Å². The van der Waals surface area contributed by atoms with Gasteiger partial charge in [0.2, 0.25) is 0 Å². The Morgan fingerprint density at radius 1 is 1.18 bits per heavy atom. The summed E-state index contributed by atoms with van der Waals surface area (Å²) in [6, 6.07) is 0. The summed E-state index contributed by atoms with van der Waals surface area (Å²) in [5.41, 5.74) is 0. The van der Waals surface area contributed by atoms with E-state index in [0.717, 1.165) is 12.8 Å². The Morgan fingerprint density at radius 2 is 1.88 bits per heavy atom. The SMILES string of the molecule is CC(C)/C=C/C(=O)CCCCN1CCCCC1. The lowest BCUT2D eigenvalue weighted by Gasteiger charge is -2.26. The molecule has 1 rings (SSSR count). The number of unbranched alkanes of at least 4 members (excludes halogenated alkanes) is 1. The zero-order valence-corrected chi connectivity index (χ0v) is 11.5. The van der Waals surface area contributed by atoms with Crippen LogP contribution < -0.4 is 0 Å². The molecule has 1 saturated heterocycles. The summed E-state index contributed by atoms with van der Waals surface area (Å²) in [6.07, 6.45) is 10.8. The van der Waals surface area contributed by atoms with Gasteiger partial charge in [0.1, 0.15) is 0 Å². The van der Waals surface area contributed by atoms with Crippen molar-refractivity contribution in [2.24, 2.45) is 5.92 Å². The number of allylic oxidation sites excluding steroid dienone is 2. The first-order valence-electron chi connectivity index (χ1n) is 7.12. The van der Waals surface area contributed by atoms with Crippen LogP contribution in [0.2, 0.25) is 0 Å². The topological polar surface area (TPSA) is 20.3 Å². The third-order valence-electron chi connectivity index (χ3n) is 3.26. The van der Waals surface area contributed by atoms with Gasteiger partial charge in [0.15, 0.2) is 5.78 Å². The normalized spacial score (nSPS) is 18.1. The molecule has 0 radical (unpaired) electrons. The molecule has 17 heavy (non-hydrogen) atoms. The lowest BCUT2D eigenvalue weighted by atomic mass is 10.1. The molecule has 1 heterocycles. The van der Waals surface area contributed by atoms with Crippen molar-refractivity contribution < 1.29 is 4.79 Å². The summed E-state index contributed by atoms with van der Waals surface area (Å²) < 4.78 is 0. The van der Waals surface area contributed by atoms with Crippen LogP contribution in [0.5, 0.6) is 0 Å². The van der Waals surface area contributed by atoms with Crippen molar-refractivity contribution in [2.75, 3.05) is 19.6 Å². The second-order valence-corrected chi connectivity index (χ2v) is 5.43. The Labute approximate surface area is 106 Å². The van der Waals surface area contributed by atoms with Gasteiger partial charge >= 0.3 is 0 Å². The molecule has 2 heteroatoms. The average molecular weight is 237 g/mol. The maximum atomic E-state index is 11.5. The lowest BCUT2D eigenvalue weighted by Crippen LogP contribution is -2.30. The van der Waals surface area contributed by atoms with Gasteiger partial charge in [-0.05, 0) is 57.3 Å². The molecular formula is C15H27NO. The first-order chi connectivity index (χ1) is 8.18. The first-order valence-corrected chi connectivity index (χ1v) is 7.12. The predicted octanol–water partition coefficient (Wildman–Crippen LogP) is 3.42. The van der Waals surface area contributed by atoms with Gasteiger partial charge < -0.3 is 4.90 Å². The molecule has 0 bridgehead atoms. The molecule has 0 aromatic rings. The zero-order chi connectivity index (χ0) is 12.5. The second-order valence-electron chi connectivity index (χ2n) is 5.43. The molecular weight excluding hydrogens is 210 g/mol. The summed E-state index contributed by atoms with van der Waals surface area (Å²) in [7, 11) is 0. The standard InChI is InChI=1S/C15H27NO/c1-14(2)9-10-15(17)8-4-7-13-16-11-5-3-6-12-16/h9-10,14H,3-8,11-13H2,1-2H3/b10-9+. The molecule has 1 fully saturated rings. The van der Waals surface area contributed by atoms with Gasteiger partial charge in [0.05, 0.1) is 0 Å². The van der Waals surface area contributed by atoms with Crippen molar-refractivity contribution in [1.29, 1.82) is 0 Å². The number of carbonyl (C=O) groups excluding carboxylic acids is 1. The number of piperidine rings is 1. The van der Waals surface area contributed by atoms with E-state index in [9.17, 15) is 4.79 Å². The second kappa shape index (κ2) is 8.46. The monoisotopic (exact) mass is 237 g/mol. The molecule has 0 atom stereocenters. The zero-order valence-electron chi connectivity index (χ0n) is 11.5. The fourth-order valence-electron chi connectivity index (χ4n) is 2.20. The fourth-order valence-corrected chi connectivity index (χ4v) is 2.20. The van der Waals surface area contributed by atoms with Crippen molar-refractivity contribution in [1.82, 2.24) is 4.90 Å². The highest BCUT2D eigenvalue weighted by Crippen LogP contribution is 2.10. The van der Waals surface area contributed by atoms with Gasteiger partial charge in [0, 0.05) is 6.42 Å². The van der Waals surface area contributed by atoms with E-state index in [1.165, 1.54) is 45.3 Å². The van der Waals surface area contributed by atoms with E-state index in [4.69, 9.17) is 0 Å². The fraction of sp³-hybridized carbons (Fsp3) is 0.800. The van der Waals surface area contributed by atoms with E-state index in [2.05, 4.69) is 18.7 Å². The minimum Gasteiger partial charge on any atom is -0.303 e. The van der Waals surface area contributed by atoms with Crippen LogP contribution in [0, 0.1) is 5.92 Å². The maximum absolute atomic E-state index is 11.5. The van der Waals surface area contributed by atoms with Crippen molar-refractivity contribution in [3.63, 3.8) is 0 Å². The van der Waals surface area contributed by atoms with Gasteiger partial charge in [0.25, 0.3) is 0 Å². The number of nitrogens with zero attached hydrogens (tertiary/aromatic N) is 1.